The summed E-state index contributed by atoms with van der Waals surface area (Å²) in [5.74, 6) is 0.269. The van der Waals surface area contributed by atoms with Crippen LogP contribution in [0.25, 0.3) is 0 Å². The topological polar surface area (TPSA) is 77.0 Å². The molecule has 0 aliphatic carbocycles. The van der Waals surface area contributed by atoms with E-state index in [2.05, 4.69) is 17.2 Å². The fourth-order valence-electron chi connectivity index (χ4n) is 1.82. The van der Waals surface area contributed by atoms with Gasteiger partial charge >= 0.3 is 0 Å². The Bertz CT molecular complexity index is 490. The summed E-state index contributed by atoms with van der Waals surface area (Å²) in [5, 5.41) is 17.4. The SMILES string of the molecule is CCc1c(CN)nnn1Cc1ccc(O)cc1. The molecule has 0 spiro atoms. The van der Waals surface area contributed by atoms with E-state index >= 15 is 0 Å². The highest BCUT2D eigenvalue weighted by molar-refractivity contribution is 5.26. The second-order valence-corrected chi connectivity index (χ2v) is 3.86. The van der Waals surface area contributed by atoms with Gasteiger partial charge in [-0.05, 0) is 24.1 Å². The van der Waals surface area contributed by atoms with Gasteiger partial charge in [0, 0.05) is 6.54 Å². The van der Waals surface area contributed by atoms with Crippen molar-refractivity contribution in [2.45, 2.75) is 26.4 Å². The predicted molar refractivity (Wildman–Crippen MR) is 64.5 cm³/mol. The molecule has 17 heavy (non-hydrogen) atoms. The number of aromatic hydroxyl groups is 1. The third-order valence-electron chi connectivity index (χ3n) is 2.72. The van der Waals surface area contributed by atoms with Gasteiger partial charge in [-0.1, -0.05) is 24.3 Å². The van der Waals surface area contributed by atoms with Crippen LogP contribution in [0, 0.1) is 0 Å². The highest BCUT2D eigenvalue weighted by Gasteiger charge is 2.09. The Morgan fingerprint density at radius 2 is 2.00 bits per heavy atom. The van der Waals surface area contributed by atoms with E-state index in [1.54, 1.807) is 12.1 Å². The van der Waals surface area contributed by atoms with Crippen LogP contribution in [-0.2, 0) is 19.5 Å². The molecule has 0 aliphatic rings. The van der Waals surface area contributed by atoms with Gasteiger partial charge in [0.1, 0.15) is 5.75 Å². The molecule has 1 aromatic carbocycles. The number of benzene rings is 1. The predicted octanol–water partition coefficient (Wildman–Crippen LogP) is 1.05. The minimum Gasteiger partial charge on any atom is -0.508 e. The Morgan fingerprint density at radius 3 is 2.59 bits per heavy atom. The molecule has 0 saturated carbocycles. The number of hydrogen-bond donors (Lipinski definition) is 2. The zero-order valence-electron chi connectivity index (χ0n) is 9.80. The summed E-state index contributed by atoms with van der Waals surface area (Å²) in [5.41, 5.74) is 8.60. The van der Waals surface area contributed by atoms with Gasteiger partial charge in [-0.3, -0.25) is 0 Å². The normalized spacial score (nSPS) is 10.7. The second kappa shape index (κ2) is 4.97. The van der Waals surface area contributed by atoms with Crippen LogP contribution in [-0.4, -0.2) is 20.1 Å². The molecule has 0 aliphatic heterocycles. The maximum absolute atomic E-state index is 9.21. The van der Waals surface area contributed by atoms with Crippen molar-refractivity contribution in [3.63, 3.8) is 0 Å². The largest absolute Gasteiger partial charge is 0.508 e. The van der Waals surface area contributed by atoms with Crippen molar-refractivity contribution < 1.29 is 5.11 Å². The fraction of sp³-hybridized carbons (Fsp3) is 0.333. The van der Waals surface area contributed by atoms with Crippen molar-refractivity contribution in [3.05, 3.63) is 41.2 Å². The van der Waals surface area contributed by atoms with E-state index in [1.165, 1.54) is 0 Å². The van der Waals surface area contributed by atoms with Crippen molar-refractivity contribution in [2.24, 2.45) is 5.73 Å². The number of phenolic OH excluding ortho intramolecular Hbond substituents is 1. The highest BCUT2D eigenvalue weighted by atomic mass is 16.3. The molecule has 1 aromatic heterocycles. The molecular weight excluding hydrogens is 216 g/mol. The van der Waals surface area contributed by atoms with Crippen LogP contribution in [0.4, 0.5) is 0 Å². The summed E-state index contributed by atoms with van der Waals surface area (Å²) in [6.45, 7) is 3.13. The molecule has 0 unspecified atom stereocenters. The molecule has 0 fully saturated rings. The van der Waals surface area contributed by atoms with Gasteiger partial charge in [0.15, 0.2) is 0 Å². The van der Waals surface area contributed by atoms with Crippen LogP contribution in [0.15, 0.2) is 24.3 Å². The maximum Gasteiger partial charge on any atom is 0.115 e. The zero-order chi connectivity index (χ0) is 12.3. The van der Waals surface area contributed by atoms with E-state index in [9.17, 15) is 5.11 Å². The molecule has 90 valence electrons. The second-order valence-electron chi connectivity index (χ2n) is 3.86. The standard InChI is InChI=1S/C12H16N4O/c1-2-12-11(7-13)14-15-16(12)8-9-3-5-10(17)6-4-9/h3-6,17H,2,7-8,13H2,1H3. The summed E-state index contributed by atoms with van der Waals surface area (Å²) < 4.78 is 1.86. The Labute approximate surface area is 99.9 Å². The summed E-state index contributed by atoms with van der Waals surface area (Å²) in [4.78, 5) is 0. The van der Waals surface area contributed by atoms with E-state index in [-0.39, 0.29) is 5.75 Å². The van der Waals surface area contributed by atoms with Crippen molar-refractivity contribution >= 4 is 0 Å². The molecule has 2 rings (SSSR count). The first-order chi connectivity index (χ1) is 8.24. The number of phenols is 1. The van der Waals surface area contributed by atoms with Gasteiger partial charge in [0.05, 0.1) is 17.9 Å². The van der Waals surface area contributed by atoms with Crippen LogP contribution in [0.1, 0.15) is 23.9 Å². The first-order valence-electron chi connectivity index (χ1n) is 5.63. The van der Waals surface area contributed by atoms with Crippen LogP contribution < -0.4 is 5.73 Å². The maximum atomic E-state index is 9.21. The molecule has 0 saturated heterocycles. The molecular formula is C12H16N4O. The van der Waals surface area contributed by atoms with Crippen molar-refractivity contribution in [1.82, 2.24) is 15.0 Å². The number of hydrogen-bond acceptors (Lipinski definition) is 4. The smallest absolute Gasteiger partial charge is 0.115 e. The van der Waals surface area contributed by atoms with E-state index in [4.69, 9.17) is 5.73 Å². The van der Waals surface area contributed by atoms with Crippen LogP contribution >= 0.6 is 0 Å². The van der Waals surface area contributed by atoms with Gasteiger partial charge in [-0.25, -0.2) is 4.68 Å². The van der Waals surface area contributed by atoms with Crippen molar-refractivity contribution in [1.29, 1.82) is 0 Å². The van der Waals surface area contributed by atoms with E-state index in [0.29, 0.717) is 13.1 Å². The molecule has 0 atom stereocenters. The molecule has 0 bridgehead atoms. The molecule has 5 heteroatoms. The quantitative estimate of drug-likeness (QED) is 0.826. The number of rotatable bonds is 4. The minimum atomic E-state index is 0.269. The summed E-state index contributed by atoms with van der Waals surface area (Å²) >= 11 is 0. The first-order valence-corrected chi connectivity index (χ1v) is 5.63. The third-order valence-corrected chi connectivity index (χ3v) is 2.72. The fourth-order valence-corrected chi connectivity index (χ4v) is 1.82. The molecule has 1 heterocycles. The highest BCUT2D eigenvalue weighted by Crippen LogP contribution is 2.13. The Kier molecular flexibility index (Phi) is 3.39. The summed E-state index contributed by atoms with van der Waals surface area (Å²) in [7, 11) is 0. The Morgan fingerprint density at radius 1 is 1.29 bits per heavy atom. The van der Waals surface area contributed by atoms with Crippen LogP contribution in [0.2, 0.25) is 0 Å². The van der Waals surface area contributed by atoms with Gasteiger partial charge in [-0.2, -0.15) is 0 Å². The Balaban J connectivity index is 2.23. The van der Waals surface area contributed by atoms with E-state index < -0.39 is 0 Å². The lowest BCUT2D eigenvalue weighted by Crippen LogP contribution is -2.08. The first kappa shape index (κ1) is 11.6. The number of nitrogens with two attached hydrogens (primary N) is 1. The van der Waals surface area contributed by atoms with E-state index in [0.717, 1.165) is 23.4 Å². The lowest BCUT2D eigenvalue weighted by molar-refractivity contribution is 0.475. The van der Waals surface area contributed by atoms with Crippen LogP contribution in [0.5, 0.6) is 5.75 Å². The summed E-state index contributed by atoms with van der Waals surface area (Å²) in [6, 6.07) is 7.08. The minimum absolute atomic E-state index is 0.269. The van der Waals surface area contributed by atoms with Gasteiger partial charge in [-0.15, -0.1) is 5.10 Å². The van der Waals surface area contributed by atoms with E-state index in [1.807, 2.05) is 16.8 Å². The number of nitrogens with zero attached hydrogens (tertiary/aromatic N) is 3. The summed E-state index contributed by atoms with van der Waals surface area (Å²) in [6.07, 6.45) is 0.859. The number of aromatic nitrogens is 3. The van der Waals surface area contributed by atoms with Gasteiger partial charge in [0.25, 0.3) is 0 Å². The molecule has 5 nitrogen and oxygen atoms in total. The third kappa shape index (κ3) is 2.45. The molecule has 3 N–H and O–H groups in total. The van der Waals surface area contributed by atoms with Crippen molar-refractivity contribution in [2.75, 3.05) is 0 Å². The van der Waals surface area contributed by atoms with Crippen LogP contribution in [0.3, 0.4) is 0 Å². The van der Waals surface area contributed by atoms with Crippen molar-refractivity contribution in [3.8, 4) is 5.75 Å². The zero-order valence-corrected chi connectivity index (χ0v) is 9.80. The molecule has 2 aromatic rings. The lowest BCUT2D eigenvalue weighted by atomic mass is 10.2. The molecule has 0 amide bonds. The monoisotopic (exact) mass is 232 g/mol. The lowest BCUT2D eigenvalue weighted by Gasteiger charge is -2.05. The average Bonchev–Trinajstić information content (AvgIpc) is 2.74. The van der Waals surface area contributed by atoms with Gasteiger partial charge in [0.2, 0.25) is 0 Å². The Hall–Kier alpha value is -1.88. The average molecular weight is 232 g/mol. The molecule has 0 radical (unpaired) electrons. The van der Waals surface area contributed by atoms with Gasteiger partial charge < -0.3 is 10.8 Å².